The molecule has 2 rings (SSSR count). The first-order valence-electron chi connectivity index (χ1n) is 6.75. The topological polar surface area (TPSA) is 29.3 Å². The first-order valence-corrected chi connectivity index (χ1v) is 6.75. The van der Waals surface area contributed by atoms with E-state index in [1.165, 1.54) is 57.8 Å². The zero-order chi connectivity index (χ0) is 10.7. The van der Waals surface area contributed by atoms with Crippen LogP contribution in [0.1, 0.15) is 57.8 Å². The van der Waals surface area contributed by atoms with Gasteiger partial charge < -0.3 is 10.6 Å². The Bertz CT molecular complexity index is 185. The van der Waals surface area contributed by atoms with E-state index in [1.807, 2.05) is 0 Å². The summed E-state index contributed by atoms with van der Waals surface area (Å²) in [7, 11) is 2.33. The lowest BCUT2D eigenvalue weighted by atomic mass is 10.0. The highest BCUT2D eigenvalue weighted by Crippen LogP contribution is 2.28. The Labute approximate surface area is 94.2 Å². The zero-order valence-electron chi connectivity index (χ0n) is 10.1. The molecule has 2 unspecified atom stereocenters. The number of rotatable bonds is 2. The highest BCUT2D eigenvalue weighted by atomic mass is 15.2. The Morgan fingerprint density at radius 1 is 0.867 bits per heavy atom. The van der Waals surface area contributed by atoms with Crippen molar-refractivity contribution >= 4 is 0 Å². The maximum Gasteiger partial charge on any atom is 0.0110 e. The predicted molar refractivity (Wildman–Crippen MR) is 64.9 cm³/mol. The average molecular weight is 210 g/mol. The average Bonchev–Trinajstić information content (AvgIpc) is 2.53. The third-order valence-electron chi connectivity index (χ3n) is 4.42. The summed E-state index contributed by atoms with van der Waals surface area (Å²) < 4.78 is 0. The van der Waals surface area contributed by atoms with Crippen LogP contribution in [-0.4, -0.2) is 30.1 Å². The maximum absolute atomic E-state index is 6.00. The summed E-state index contributed by atoms with van der Waals surface area (Å²) in [5, 5.41) is 0. The summed E-state index contributed by atoms with van der Waals surface area (Å²) in [5.74, 6) is 0. The summed E-state index contributed by atoms with van der Waals surface area (Å²) in [6.07, 6.45) is 12.4. The van der Waals surface area contributed by atoms with Crippen LogP contribution in [0.15, 0.2) is 0 Å². The molecule has 0 aliphatic heterocycles. The van der Waals surface area contributed by atoms with Gasteiger partial charge in [0, 0.05) is 18.1 Å². The van der Waals surface area contributed by atoms with Crippen LogP contribution in [0.3, 0.4) is 0 Å². The molecule has 2 fully saturated rings. The van der Waals surface area contributed by atoms with Crippen LogP contribution < -0.4 is 5.73 Å². The van der Waals surface area contributed by atoms with Crippen LogP contribution in [0.25, 0.3) is 0 Å². The number of hydrogen-bond acceptors (Lipinski definition) is 2. The third-order valence-corrected chi connectivity index (χ3v) is 4.42. The Morgan fingerprint density at radius 2 is 1.53 bits per heavy atom. The summed E-state index contributed by atoms with van der Waals surface area (Å²) in [6.45, 7) is 0. The van der Waals surface area contributed by atoms with Crippen LogP contribution in [0.4, 0.5) is 0 Å². The van der Waals surface area contributed by atoms with Crippen LogP contribution in [-0.2, 0) is 0 Å². The van der Waals surface area contributed by atoms with Gasteiger partial charge in [-0.2, -0.15) is 0 Å². The summed E-state index contributed by atoms with van der Waals surface area (Å²) >= 11 is 0. The lowest BCUT2D eigenvalue weighted by molar-refractivity contribution is 0.158. The smallest absolute Gasteiger partial charge is 0.0110 e. The molecule has 2 aliphatic carbocycles. The second-order valence-corrected chi connectivity index (χ2v) is 5.54. The SMILES string of the molecule is CN(C1CCCCCC1)C1CCC(N)C1. The van der Waals surface area contributed by atoms with Gasteiger partial charge in [-0.1, -0.05) is 25.7 Å². The van der Waals surface area contributed by atoms with Gasteiger partial charge in [0.25, 0.3) is 0 Å². The maximum atomic E-state index is 6.00. The molecule has 0 bridgehead atoms. The summed E-state index contributed by atoms with van der Waals surface area (Å²) in [4.78, 5) is 2.65. The van der Waals surface area contributed by atoms with Gasteiger partial charge in [-0.25, -0.2) is 0 Å². The van der Waals surface area contributed by atoms with Gasteiger partial charge in [-0.05, 0) is 39.2 Å². The molecule has 0 aromatic heterocycles. The van der Waals surface area contributed by atoms with E-state index in [2.05, 4.69) is 11.9 Å². The van der Waals surface area contributed by atoms with E-state index in [4.69, 9.17) is 5.73 Å². The molecule has 0 aromatic carbocycles. The standard InChI is InChI=1S/C13H26N2/c1-15(13-9-8-11(14)10-13)12-6-4-2-3-5-7-12/h11-13H,2-10,14H2,1H3. The van der Waals surface area contributed by atoms with Crippen molar-refractivity contribution in [1.82, 2.24) is 4.90 Å². The monoisotopic (exact) mass is 210 g/mol. The first kappa shape index (κ1) is 11.4. The van der Waals surface area contributed by atoms with Crippen LogP contribution in [0.5, 0.6) is 0 Å². The van der Waals surface area contributed by atoms with Gasteiger partial charge in [0.1, 0.15) is 0 Å². The molecular weight excluding hydrogens is 184 g/mol. The lowest BCUT2D eigenvalue weighted by Gasteiger charge is -2.32. The Morgan fingerprint density at radius 3 is 2.07 bits per heavy atom. The van der Waals surface area contributed by atoms with E-state index in [1.54, 1.807) is 0 Å². The third kappa shape index (κ3) is 2.94. The zero-order valence-corrected chi connectivity index (χ0v) is 10.1. The molecule has 0 spiro atoms. The van der Waals surface area contributed by atoms with Gasteiger partial charge in [0.2, 0.25) is 0 Å². The van der Waals surface area contributed by atoms with E-state index in [0.717, 1.165) is 12.1 Å². The molecule has 0 amide bonds. The van der Waals surface area contributed by atoms with Crippen molar-refractivity contribution in [1.29, 1.82) is 0 Å². The van der Waals surface area contributed by atoms with Gasteiger partial charge in [0.15, 0.2) is 0 Å². The van der Waals surface area contributed by atoms with E-state index in [0.29, 0.717) is 6.04 Å². The van der Waals surface area contributed by atoms with Gasteiger partial charge in [-0.3, -0.25) is 0 Å². The van der Waals surface area contributed by atoms with Crippen molar-refractivity contribution in [3.05, 3.63) is 0 Å². The molecule has 2 saturated carbocycles. The molecule has 0 saturated heterocycles. The molecule has 88 valence electrons. The fraction of sp³-hybridized carbons (Fsp3) is 1.00. The fourth-order valence-corrected chi connectivity index (χ4v) is 3.32. The minimum Gasteiger partial charge on any atom is -0.328 e. The molecule has 2 atom stereocenters. The second kappa shape index (κ2) is 5.31. The van der Waals surface area contributed by atoms with E-state index >= 15 is 0 Å². The van der Waals surface area contributed by atoms with Crippen molar-refractivity contribution in [2.45, 2.75) is 75.9 Å². The molecule has 2 N–H and O–H groups in total. The van der Waals surface area contributed by atoms with Crippen molar-refractivity contribution in [2.75, 3.05) is 7.05 Å². The molecular formula is C13H26N2. The predicted octanol–water partition coefficient (Wildman–Crippen LogP) is 2.52. The molecule has 0 heterocycles. The van der Waals surface area contributed by atoms with Crippen molar-refractivity contribution < 1.29 is 0 Å². The first-order chi connectivity index (χ1) is 7.27. The van der Waals surface area contributed by atoms with E-state index in [9.17, 15) is 0 Å². The highest BCUT2D eigenvalue weighted by molar-refractivity contribution is 4.87. The highest BCUT2D eigenvalue weighted by Gasteiger charge is 2.29. The van der Waals surface area contributed by atoms with Crippen molar-refractivity contribution in [2.24, 2.45) is 5.73 Å². The molecule has 2 aliphatic rings. The summed E-state index contributed by atoms with van der Waals surface area (Å²) in [5.41, 5.74) is 6.00. The normalized spacial score (nSPS) is 34.6. The van der Waals surface area contributed by atoms with Gasteiger partial charge >= 0.3 is 0 Å². The Hall–Kier alpha value is -0.0800. The van der Waals surface area contributed by atoms with Gasteiger partial charge in [-0.15, -0.1) is 0 Å². The lowest BCUT2D eigenvalue weighted by Crippen LogP contribution is -2.39. The minimum atomic E-state index is 0.475. The van der Waals surface area contributed by atoms with E-state index in [-0.39, 0.29) is 0 Å². The quantitative estimate of drug-likeness (QED) is 0.710. The Kier molecular flexibility index (Phi) is 4.04. The molecule has 2 nitrogen and oxygen atoms in total. The number of nitrogens with zero attached hydrogens (tertiary/aromatic N) is 1. The fourth-order valence-electron chi connectivity index (χ4n) is 3.32. The largest absolute Gasteiger partial charge is 0.328 e. The van der Waals surface area contributed by atoms with Crippen molar-refractivity contribution in [3.8, 4) is 0 Å². The summed E-state index contributed by atoms with van der Waals surface area (Å²) in [6, 6.07) is 2.11. The van der Waals surface area contributed by atoms with E-state index < -0.39 is 0 Å². The van der Waals surface area contributed by atoms with Gasteiger partial charge in [0.05, 0.1) is 0 Å². The molecule has 15 heavy (non-hydrogen) atoms. The minimum absolute atomic E-state index is 0.475. The molecule has 0 aromatic rings. The van der Waals surface area contributed by atoms with Crippen molar-refractivity contribution in [3.63, 3.8) is 0 Å². The number of nitrogens with two attached hydrogens (primary N) is 1. The van der Waals surface area contributed by atoms with Crippen LogP contribution in [0.2, 0.25) is 0 Å². The van der Waals surface area contributed by atoms with Crippen LogP contribution >= 0.6 is 0 Å². The van der Waals surface area contributed by atoms with Crippen LogP contribution in [0, 0.1) is 0 Å². The molecule has 0 radical (unpaired) electrons. The molecule has 2 heteroatoms. The second-order valence-electron chi connectivity index (χ2n) is 5.54. The number of hydrogen-bond donors (Lipinski definition) is 1. The Balaban J connectivity index is 1.85.